The van der Waals surface area contributed by atoms with Crippen molar-refractivity contribution in [2.75, 3.05) is 20.1 Å². The highest BCUT2D eigenvalue weighted by atomic mass is 16.3. The number of hydrogen-bond acceptors (Lipinski definition) is 3. The van der Waals surface area contributed by atoms with Gasteiger partial charge in [-0.15, -0.1) is 0 Å². The molecule has 1 rings (SSSR count). The lowest BCUT2D eigenvalue weighted by Crippen LogP contribution is -2.39. The first-order chi connectivity index (χ1) is 6.63. The van der Waals surface area contributed by atoms with Gasteiger partial charge in [-0.05, 0) is 26.8 Å². The summed E-state index contributed by atoms with van der Waals surface area (Å²) in [7, 11) is 2.17. The van der Waals surface area contributed by atoms with Crippen LogP contribution in [-0.2, 0) is 0 Å². The third-order valence-electron chi connectivity index (χ3n) is 3.17. The van der Waals surface area contributed by atoms with Crippen molar-refractivity contribution in [3.05, 3.63) is 0 Å². The average molecular weight is 200 g/mol. The molecule has 0 radical (unpaired) electrons. The Labute approximate surface area is 87.5 Å². The molecule has 3 unspecified atom stereocenters. The van der Waals surface area contributed by atoms with Crippen LogP contribution in [0, 0.1) is 0 Å². The molecule has 1 aliphatic heterocycles. The molecule has 0 aromatic heterocycles. The predicted octanol–water partition coefficient (Wildman–Crippen LogP) is 0.830. The van der Waals surface area contributed by atoms with Gasteiger partial charge in [0.2, 0.25) is 0 Å². The lowest BCUT2D eigenvalue weighted by Gasteiger charge is -2.27. The van der Waals surface area contributed by atoms with Crippen molar-refractivity contribution < 1.29 is 5.11 Å². The topological polar surface area (TPSA) is 35.5 Å². The van der Waals surface area contributed by atoms with Crippen molar-refractivity contribution in [2.24, 2.45) is 0 Å². The summed E-state index contributed by atoms with van der Waals surface area (Å²) < 4.78 is 0. The smallest absolute Gasteiger partial charge is 0.0680 e. The molecule has 0 amide bonds. The summed E-state index contributed by atoms with van der Waals surface area (Å²) in [6.07, 6.45) is 3.27. The van der Waals surface area contributed by atoms with Gasteiger partial charge in [0.05, 0.1) is 6.10 Å². The third-order valence-corrected chi connectivity index (χ3v) is 3.17. The van der Waals surface area contributed by atoms with E-state index in [9.17, 15) is 5.11 Å². The molecule has 2 N–H and O–H groups in total. The van der Waals surface area contributed by atoms with Gasteiger partial charge < -0.3 is 15.3 Å². The Morgan fingerprint density at radius 3 is 2.79 bits per heavy atom. The molecule has 0 aliphatic carbocycles. The Kier molecular flexibility index (Phi) is 4.85. The van der Waals surface area contributed by atoms with Crippen LogP contribution in [0.2, 0.25) is 0 Å². The fourth-order valence-electron chi connectivity index (χ4n) is 2.10. The molecule has 84 valence electrons. The van der Waals surface area contributed by atoms with Gasteiger partial charge in [-0.25, -0.2) is 0 Å². The summed E-state index contributed by atoms with van der Waals surface area (Å²) in [5, 5.41) is 12.7. The van der Waals surface area contributed by atoms with Crippen LogP contribution in [-0.4, -0.2) is 48.3 Å². The molecule has 0 aromatic rings. The lowest BCUT2D eigenvalue weighted by atomic mass is 10.1. The van der Waals surface area contributed by atoms with Gasteiger partial charge in [0.25, 0.3) is 0 Å². The fraction of sp³-hybridized carbons (Fsp3) is 1.00. The molecule has 3 heteroatoms. The average Bonchev–Trinajstić information content (AvgIpc) is 2.51. The van der Waals surface area contributed by atoms with Crippen LogP contribution in [0.3, 0.4) is 0 Å². The zero-order valence-corrected chi connectivity index (χ0v) is 9.66. The van der Waals surface area contributed by atoms with Crippen molar-refractivity contribution in [2.45, 2.75) is 51.3 Å². The molecule has 14 heavy (non-hydrogen) atoms. The van der Waals surface area contributed by atoms with Crippen LogP contribution < -0.4 is 5.32 Å². The summed E-state index contributed by atoms with van der Waals surface area (Å²) in [6.45, 7) is 6.32. The summed E-state index contributed by atoms with van der Waals surface area (Å²) in [6, 6.07) is 1.13. The molecule has 1 aliphatic rings. The highest BCUT2D eigenvalue weighted by Crippen LogP contribution is 2.10. The third kappa shape index (κ3) is 3.56. The number of aliphatic hydroxyl groups is 1. The number of likely N-dealkylation sites (N-methyl/N-ethyl adjacent to an activating group) is 1. The fourth-order valence-corrected chi connectivity index (χ4v) is 2.10. The van der Waals surface area contributed by atoms with E-state index in [4.69, 9.17) is 0 Å². The first kappa shape index (κ1) is 12.0. The molecular formula is C11H24N2O. The molecule has 0 bridgehead atoms. The molecule has 0 aromatic carbocycles. The molecule has 1 fully saturated rings. The maximum Gasteiger partial charge on any atom is 0.0680 e. The number of nitrogens with zero attached hydrogens (tertiary/aromatic N) is 1. The van der Waals surface area contributed by atoms with Crippen LogP contribution in [0.15, 0.2) is 0 Å². The number of rotatable bonds is 5. The summed E-state index contributed by atoms with van der Waals surface area (Å²) in [5.74, 6) is 0. The highest BCUT2D eigenvalue weighted by Gasteiger charge is 2.23. The Bertz CT molecular complexity index is 163. The highest BCUT2D eigenvalue weighted by molar-refractivity contribution is 4.83. The number of aliphatic hydroxyl groups excluding tert-OH is 1. The molecule has 1 heterocycles. The standard InChI is InChI=1S/C11H24N2O/c1-4-5-9(2)13(3)8-10-6-11(14)7-12-10/h9-12,14H,4-8H2,1-3H3. The maximum absolute atomic E-state index is 9.37. The first-order valence-corrected chi connectivity index (χ1v) is 5.75. The second kappa shape index (κ2) is 5.69. The molecule has 1 saturated heterocycles. The minimum atomic E-state index is -0.130. The molecular weight excluding hydrogens is 176 g/mol. The van der Waals surface area contributed by atoms with Crippen LogP contribution in [0.25, 0.3) is 0 Å². The van der Waals surface area contributed by atoms with Gasteiger partial charge in [0, 0.05) is 25.2 Å². The van der Waals surface area contributed by atoms with Gasteiger partial charge in [0.15, 0.2) is 0 Å². The van der Waals surface area contributed by atoms with Gasteiger partial charge in [0.1, 0.15) is 0 Å². The summed E-state index contributed by atoms with van der Waals surface area (Å²) >= 11 is 0. The van der Waals surface area contributed by atoms with Crippen molar-refractivity contribution in [1.29, 1.82) is 0 Å². The zero-order chi connectivity index (χ0) is 10.6. The van der Waals surface area contributed by atoms with Gasteiger partial charge in [-0.3, -0.25) is 0 Å². The van der Waals surface area contributed by atoms with Crippen molar-refractivity contribution in [3.8, 4) is 0 Å². The van der Waals surface area contributed by atoms with Crippen LogP contribution in [0.1, 0.15) is 33.1 Å². The molecule has 3 atom stereocenters. The van der Waals surface area contributed by atoms with Gasteiger partial charge >= 0.3 is 0 Å². The monoisotopic (exact) mass is 200 g/mol. The van der Waals surface area contributed by atoms with E-state index in [0.29, 0.717) is 12.1 Å². The lowest BCUT2D eigenvalue weighted by molar-refractivity contribution is 0.183. The predicted molar refractivity (Wildman–Crippen MR) is 59.4 cm³/mol. The molecule has 0 spiro atoms. The van der Waals surface area contributed by atoms with E-state index in [-0.39, 0.29) is 6.10 Å². The second-order valence-electron chi connectivity index (χ2n) is 4.57. The largest absolute Gasteiger partial charge is 0.392 e. The molecule has 0 saturated carbocycles. The Morgan fingerprint density at radius 2 is 2.29 bits per heavy atom. The van der Waals surface area contributed by atoms with Crippen molar-refractivity contribution in [3.63, 3.8) is 0 Å². The van der Waals surface area contributed by atoms with E-state index in [0.717, 1.165) is 19.5 Å². The van der Waals surface area contributed by atoms with Gasteiger partial charge in [-0.1, -0.05) is 13.3 Å². The van der Waals surface area contributed by atoms with Crippen LogP contribution >= 0.6 is 0 Å². The summed E-state index contributed by atoms with van der Waals surface area (Å²) in [5.41, 5.74) is 0. The van der Waals surface area contributed by atoms with E-state index in [1.165, 1.54) is 12.8 Å². The Morgan fingerprint density at radius 1 is 1.57 bits per heavy atom. The quantitative estimate of drug-likeness (QED) is 0.690. The van der Waals surface area contributed by atoms with E-state index < -0.39 is 0 Å². The Balaban J connectivity index is 2.22. The van der Waals surface area contributed by atoms with E-state index >= 15 is 0 Å². The minimum Gasteiger partial charge on any atom is -0.392 e. The minimum absolute atomic E-state index is 0.130. The summed E-state index contributed by atoms with van der Waals surface area (Å²) in [4.78, 5) is 2.39. The van der Waals surface area contributed by atoms with Crippen molar-refractivity contribution in [1.82, 2.24) is 10.2 Å². The molecule has 3 nitrogen and oxygen atoms in total. The second-order valence-corrected chi connectivity index (χ2v) is 4.57. The van der Waals surface area contributed by atoms with Gasteiger partial charge in [-0.2, -0.15) is 0 Å². The number of β-amino-alcohol motifs (C(OH)–C–C–N with tert-alkyl or cyclic N) is 1. The van der Waals surface area contributed by atoms with E-state index in [1.54, 1.807) is 0 Å². The SMILES string of the molecule is CCCC(C)N(C)CC1CC(O)CN1. The maximum atomic E-state index is 9.37. The van der Waals surface area contributed by atoms with Crippen molar-refractivity contribution >= 4 is 0 Å². The van der Waals surface area contributed by atoms with E-state index in [2.05, 4.69) is 31.1 Å². The zero-order valence-electron chi connectivity index (χ0n) is 9.66. The number of hydrogen-bond donors (Lipinski definition) is 2. The van der Waals surface area contributed by atoms with Crippen LogP contribution in [0.5, 0.6) is 0 Å². The van der Waals surface area contributed by atoms with E-state index in [1.807, 2.05) is 0 Å². The first-order valence-electron chi connectivity index (χ1n) is 5.75. The normalized spacial score (nSPS) is 29.8. The Hall–Kier alpha value is -0.120. The number of nitrogens with one attached hydrogen (secondary N) is 1. The van der Waals surface area contributed by atoms with Crippen LogP contribution in [0.4, 0.5) is 0 Å².